The molecule has 0 aromatic carbocycles. The van der Waals surface area contributed by atoms with Crippen molar-refractivity contribution in [3.63, 3.8) is 0 Å². The lowest BCUT2D eigenvalue weighted by Crippen LogP contribution is -2.22. The van der Waals surface area contributed by atoms with Crippen LogP contribution >= 0.6 is 0 Å². The lowest BCUT2D eigenvalue weighted by Gasteiger charge is -2.04. The van der Waals surface area contributed by atoms with E-state index in [9.17, 15) is 0 Å². The minimum atomic E-state index is 0.708. The summed E-state index contributed by atoms with van der Waals surface area (Å²) in [7, 11) is 0. The molecule has 0 radical (unpaired) electrons. The Kier molecular flexibility index (Phi) is 0.770. The van der Waals surface area contributed by atoms with Crippen LogP contribution in [-0.2, 0) is 0 Å². The van der Waals surface area contributed by atoms with Crippen molar-refractivity contribution in [1.29, 1.82) is 0 Å². The topological polar surface area (TPSA) is 12.0 Å². The van der Waals surface area contributed by atoms with E-state index in [1.807, 2.05) is 0 Å². The molecule has 0 saturated carbocycles. The SMILES string of the molecule is CC1C2C=CC1NC2. The van der Waals surface area contributed by atoms with E-state index in [1.54, 1.807) is 0 Å². The van der Waals surface area contributed by atoms with E-state index in [0.717, 1.165) is 11.8 Å². The van der Waals surface area contributed by atoms with Crippen LogP contribution in [0.1, 0.15) is 6.92 Å². The lowest BCUT2D eigenvalue weighted by molar-refractivity contribution is 0.528. The number of nitrogens with one attached hydrogen (secondary N) is 1. The summed E-state index contributed by atoms with van der Waals surface area (Å²) in [5.74, 6) is 1.72. The summed E-state index contributed by atoms with van der Waals surface area (Å²) in [6.45, 7) is 3.53. The Balaban J connectivity index is 2.27. The van der Waals surface area contributed by atoms with Crippen LogP contribution in [0.25, 0.3) is 0 Å². The van der Waals surface area contributed by atoms with Crippen LogP contribution in [0.3, 0.4) is 0 Å². The summed E-state index contributed by atoms with van der Waals surface area (Å²) >= 11 is 0. The van der Waals surface area contributed by atoms with Crippen LogP contribution < -0.4 is 5.32 Å². The third-order valence-corrected chi connectivity index (χ3v) is 2.40. The highest BCUT2D eigenvalue weighted by atomic mass is 15.0. The fraction of sp³-hybridized carbons (Fsp3) is 0.714. The number of hydrogen-bond donors (Lipinski definition) is 1. The van der Waals surface area contributed by atoms with E-state index >= 15 is 0 Å². The van der Waals surface area contributed by atoms with Gasteiger partial charge in [-0.3, -0.25) is 0 Å². The Morgan fingerprint density at radius 1 is 1.50 bits per heavy atom. The lowest BCUT2D eigenvalue weighted by atomic mass is 10.0. The third-order valence-electron chi connectivity index (χ3n) is 2.40. The molecule has 0 spiro atoms. The van der Waals surface area contributed by atoms with E-state index in [4.69, 9.17) is 0 Å². The van der Waals surface area contributed by atoms with Gasteiger partial charge in [-0.25, -0.2) is 0 Å². The largest absolute Gasteiger partial charge is 0.310 e. The highest BCUT2D eigenvalue weighted by Crippen LogP contribution is 2.29. The van der Waals surface area contributed by atoms with E-state index in [0.29, 0.717) is 6.04 Å². The van der Waals surface area contributed by atoms with Crippen LogP contribution in [0.4, 0.5) is 0 Å². The highest BCUT2D eigenvalue weighted by Gasteiger charge is 2.33. The molecule has 3 unspecified atom stereocenters. The Morgan fingerprint density at radius 2 is 2.38 bits per heavy atom. The zero-order valence-electron chi connectivity index (χ0n) is 5.09. The van der Waals surface area contributed by atoms with Gasteiger partial charge in [0.05, 0.1) is 0 Å². The molecule has 2 aliphatic rings. The predicted molar refractivity (Wildman–Crippen MR) is 33.6 cm³/mol. The molecule has 1 fully saturated rings. The van der Waals surface area contributed by atoms with Gasteiger partial charge >= 0.3 is 0 Å². The average Bonchev–Trinajstić information content (AvgIpc) is 2.29. The Morgan fingerprint density at radius 3 is 2.50 bits per heavy atom. The second kappa shape index (κ2) is 1.35. The third kappa shape index (κ3) is 0.402. The van der Waals surface area contributed by atoms with E-state index in [1.165, 1.54) is 6.54 Å². The standard InChI is InChI=1S/C7H11N/c1-5-6-2-3-7(5)8-4-6/h2-3,5-8H,4H2,1H3. The van der Waals surface area contributed by atoms with Gasteiger partial charge in [-0.2, -0.15) is 0 Å². The number of fused-ring (bicyclic) bond motifs is 2. The normalized spacial score (nSPS) is 50.9. The van der Waals surface area contributed by atoms with Gasteiger partial charge in [0.15, 0.2) is 0 Å². The van der Waals surface area contributed by atoms with Crippen molar-refractivity contribution in [3.8, 4) is 0 Å². The van der Waals surface area contributed by atoms with Gasteiger partial charge in [-0.05, 0) is 11.8 Å². The van der Waals surface area contributed by atoms with Crippen LogP contribution in [0, 0.1) is 11.8 Å². The summed E-state index contributed by atoms with van der Waals surface area (Å²) < 4.78 is 0. The zero-order chi connectivity index (χ0) is 5.56. The Hall–Kier alpha value is -0.300. The number of rotatable bonds is 0. The molecule has 2 bridgehead atoms. The fourth-order valence-electron chi connectivity index (χ4n) is 1.66. The van der Waals surface area contributed by atoms with Gasteiger partial charge in [0.2, 0.25) is 0 Å². The maximum Gasteiger partial charge on any atom is 0.0282 e. The quantitative estimate of drug-likeness (QED) is 0.453. The number of hydrogen-bond acceptors (Lipinski definition) is 1. The monoisotopic (exact) mass is 109 g/mol. The fourth-order valence-corrected chi connectivity index (χ4v) is 1.66. The minimum absolute atomic E-state index is 0.708. The predicted octanol–water partition coefficient (Wildman–Crippen LogP) is 0.780. The molecule has 2 rings (SSSR count). The van der Waals surface area contributed by atoms with Gasteiger partial charge < -0.3 is 5.32 Å². The first-order valence-electron chi connectivity index (χ1n) is 3.29. The molecule has 44 valence electrons. The van der Waals surface area contributed by atoms with Gasteiger partial charge in [0, 0.05) is 12.6 Å². The summed E-state index contributed by atoms with van der Waals surface area (Å²) in [6, 6.07) is 0.708. The molecule has 3 atom stereocenters. The first-order valence-corrected chi connectivity index (χ1v) is 3.29. The molecule has 1 heteroatoms. The van der Waals surface area contributed by atoms with Crippen molar-refractivity contribution in [2.24, 2.45) is 11.8 Å². The van der Waals surface area contributed by atoms with Crippen molar-refractivity contribution >= 4 is 0 Å². The van der Waals surface area contributed by atoms with Gasteiger partial charge in [0.1, 0.15) is 0 Å². The van der Waals surface area contributed by atoms with Crippen LogP contribution in [-0.4, -0.2) is 12.6 Å². The maximum absolute atomic E-state index is 3.42. The van der Waals surface area contributed by atoms with Crippen molar-refractivity contribution in [3.05, 3.63) is 12.2 Å². The molecule has 0 amide bonds. The zero-order valence-corrected chi connectivity index (χ0v) is 5.09. The van der Waals surface area contributed by atoms with E-state index in [2.05, 4.69) is 24.4 Å². The van der Waals surface area contributed by atoms with E-state index in [-0.39, 0.29) is 0 Å². The molecule has 1 N–H and O–H groups in total. The molecule has 0 aromatic rings. The van der Waals surface area contributed by atoms with Crippen LogP contribution in [0.5, 0.6) is 0 Å². The maximum atomic E-state index is 3.42. The van der Waals surface area contributed by atoms with E-state index < -0.39 is 0 Å². The smallest absolute Gasteiger partial charge is 0.0282 e. The van der Waals surface area contributed by atoms with Crippen LogP contribution in [0.2, 0.25) is 0 Å². The van der Waals surface area contributed by atoms with Gasteiger partial charge in [-0.1, -0.05) is 19.1 Å². The Bertz CT molecular complexity index is 114. The molecule has 1 saturated heterocycles. The summed E-state index contributed by atoms with van der Waals surface area (Å²) in [5.41, 5.74) is 0. The molecule has 8 heavy (non-hydrogen) atoms. The molecular weight excluding hydrogens is 98.1 g/mol. The molecule has 1 nitrogen and oxygen atoms in total. The minimum Gasteiger partial charge on any atom is -0.310 e. The van der Waals surface area contributed by atoms with Crippen molar-refractivity contribution in [1.82, 2.24) is 5.32 Å². The molecular formula is C7H11N. The molecule has 1 heterocycles. The summed E-state index contributed by atoms with van der Waals surface area (Å²) in [5, 5.41) is 3.42. The Labute approximate surface area is 49.8 Å². The second-order valence-electron chi connectivity index (χ2n) is 2.84. The van der Waals surface area contributed by atoms with Crippen molar-refractivity contribution in [2.45, 2.75) is 13.0 Å². The van der Waals surface area contributed by atoms with Crippen molar-refractivity contribution < 1.29 is 0 Å². The first-order chi connectivity index (χ1) is 3.88. The first kappa shape index (κ1) is 4.57. The van der Waals surface area contributed by atoms with Crippen molar-refractivity contribution in [2.75, 3.05) is 6.54 Å². The second-order valence-corrected chi connectivity index (χ2v) is 2.84. The molecule has 0 aromatic heterocycles. The van der Waals surface area contributed by atoms with Gasteiger partial charge in [0.25, 0.3) is 0 Å². The summed E-state index contributed by atoms with van der Waals surface area (Å²) in [6.07, 6.45) is 4.63. The van der Waals surface area contributed by atoms with Crippen LogP contribution in [0.15, 0.2) is 12.2 Å². The highest BCUT2D eigenvalue weighted by molar-refractivity contribution is 5.14. The summed E-state index contributed by atoms with van der Waals surface area (Å²) in [4.78, 5) is 0. The molecule has 1 aliphatic heterocycles. The van der Waals surface area contributed by atoms with Gasteiger partial charge in [-0.15, -0.1) is 0 Å². The average molecular weight is 109 g/mol. The molecule has 1 aliphatic carbocycles.